The lowest BCUT2D eigenvalue weighted by molar-refractivity contribution is -0.105. The van der Waals surface area contributed by atoms with Crippen LogP contribution >= 0.6 is 11.6 Å². The maximum atomic E-state index is 14.9. The first kappa shape index (κ1) is 18.0. The van der Waals surface area contributed by atoms with Gasteiger partial charge in [0.05, 0.1) is 34.8 Å². The first-order chi connectivity index (χ1) is 13.4. The second-order valence-corrected chi connectivity index (χ2v) is 6.23. The molecule has 0 bridgehead atoms. The van der Waals surface area contributed by atoms with Gasteiger partial charge in [-0.05, 0) is 6.92 Å². The largest absolute Gasteiger partial charge is 0.312 e. The smallest absolute Gasteiger partial charge is 0.273 e. The molecule has 7 nitrogen and oxygen atoms in total. The molecule has 0 atom stereocenters. The minimum absolute atomic E-state index is 0.0815. The Morgan fingerprint density at radius 2 is 2.11 bits per heavy atom. The normalized spacial score (nSPS) is 11.2. The number of nitrogens with zero attached hydrogens (tertiary/aromatic N) is 4. The molecule has 0 spiro atoms. The van der Waals surface area contributed by atoms with E-state index < -0.39 is 17.5 Å². The van der Waals surface area contributed by atoms with Crippen LogP contribution in [0.25, 0.3) is 33.4 Å². The van der Waals surface area contributed by atoms with Crippen molar-refractivity contribution >= 4 is 46.0 Å². The Kier molecular flexibility index (Phi) is 4.27. The van der Waals surface area contributed by atoms with Crippen molar-refractivity contribution in [1.29, 1.82) is 0 Å². The Hall–Kier alpha value is -3.40. The van der Waals surface area contributed by atoms with E-state index in [1.54, 1.807) is 4.40 Å². The lowest BCUT2D eigenvalue weighted by Gasteiger charge is -2.12. The van der Waals surface area contributed by atoms with Crippen LogP contribution in [0.1, 0.15) is 12.5 Å². The molecule has 3 heterocycles. The molecule has 0 aliphatic heterocycles. The van der Waals surface area contributed by atoms with Gasteiger partial charge in [0.15, 0.2) is 17.3 Å². The number of carbonyl (C=O) groups excluding carboxylic acids is 1. The molecule has 0 saturated heterocycles. The zero-order chi connectivity index (χ0) is 20.0. The predicted octanol–water partition coefficient (Wildman–Crippen LogP) is 4.26. The van der Waals surface area contributed by atoms with E-state index >= 15 is 0 Å². The van der Waals surface area contributed by atoms with Gasteiger partial charge in [0.25, 0.3) is 6.08 Å². The van der Waals surface area contributed by atoms with Crippen LogP contribution < -0.4 is 5.32 Å². The van der Waals surface area contributed by atoms with Gasteiger partial charge in [-0.25, -0.2) is 9.37 Å². The molecule has 0 unspecified atom stereocenters. The Bertz CT molecular complexity index is 1280. The van der Waals surface area contributed by atoms with Crippen molar-refractivity contribution in [2.45, 2.75) is 6.92 Å². The van der Waals surface area contributed by atoms with Crippen LogP contribution in [0.3, 0.4) is 0 Å². The second kappa shape index (κ2) is 6.64. The molecule has 1 amide bonds. The minimum Gasteiger partial charge on any atom is -0.312 e. The van der Waals surface area contributed by atoms with E-state index in [0.717, 1.165) is 6.92 Å². The molecule has 0 aliphatic rings. The zero-order valence-corrected chi connectivity index (χ0v) is 14.9. The van der Waals surface area contributed by atoms with E-state index in [9.17, 15) is 18.0 Å². The molecule has 142 valence electrons. The van der Waals surface area contributed by atoms with E-state index in [1.165, 1.54) is 24.8 Å². The van der Waals surface area contributed by atoms with E-state index in [2.05, 4.69) is 25.5 Å². The number of hydrogen-bond donors (Lipinski definition) is 2. The Morgan fingerprint density at radius 3 is 2.82 bits per heavy atom. The van der Waals surface area contributed by atoms with Crippen molar-refractivity contribution in [2.24, 2.45) is 0 Å². The summed E-state index contributed by atoms with van der Waals surface area (Å²) in [4.78, 5) is 18.9. The summed E-state index contributed by atoms with van der Waals surface area (Å²) in [6, 6.07) is 0. The maximum absolute atomic E-state index is 14.9. The van der Waals surface area contributed by atoms with Crippen molar-refractivity contribution in [3.05, 3.63) is 47.3 Å². The molecule has 28 heavy (non-hydrogen) atoms. The summed E-state index contributed by atoms with van der Waals surface area (Å²) in [5, 5.41) is 8.79. The molecule has 0 radical (unpaired) electrons. The van der Waals surface area contributed by atoms with Crippen LogP contribution in [-0.4, -0.2) is 31.0 Å². The first-order valence-corrected chi connectivity index (χ1v) is 8.21. The number of nitrogens with one attached hydrogen (secondary N) is 2. The van der Waals surface area contributed by atoms with Crippen molar-refractivity contribution in [2.75, 3.05) is 5.32 Å². The molecule has 1 aromatic carbocycles. The predicted molar refractivity (Wildman–Crippen MR) is 97.5 cm³/mol. The summed E-state index contributed by atoms with van der Waals surface area (Å²) < 4.78 is 42.7. The number of allylic oxidation sites excluding steroid dienone is 1. The number of carbonyl (C=O) groups is 1. The van der Waals surface area contributed by atoms with Crippen LogP contribution in [-0.2, 0) is 4.79 Å². The molecule has 4 rings (SSSR count). The number of amides is 1. The Labute approximate surface area is 159 Å². The molecule has 3 aromatic heterocycles. The topological polar surface area (TPSA) is 88.0 Å². The standard InChI is InChI=1S/C17H10ClF3N6O/c1-7(17(20)21)12-15(19)14(18)13(8-2-24-26-16(8)12)9-4-27-5-10(23-6-28)25-11(27)3-22-9/h2-6H,1H3,(H,23,28)(H,24,26). The summed E-state index contributed by atoms with van der Waals surface area (Å²) in [7, 11) is 0. The molecule has 11 heteroatoms. The van der Waals surface area contributed by atoms with Gasteiger partial charge in [0.2, 0.25) is 6.41 Å². The summed E-state index contributed by atoms with van der Waals surface area (Å²) in [6.07, 6.45) is 4.30. The molecule has 0 saturated carbocycles. The highest BCUT2D eigenvalue weighted by molar-refractivity contribution is 6.35. The van der Waals surface area contributed by atoms with Gasteiger partial charge in [0, 0.05) is 28.3 Å². The minimum atomic E-state index is -2.02. The SMILES string of the molecule is CC(=C(F)F)c1c(F)c(Cl)c(-c2cn3cc(NC=O)nc3cn2)c2cn[nH]c12. The van der Waals surface area contributed by atoms with E-state index in [1.807, 2.05) is 0 Å². The average Bonchev–Trinajstić information content (AvgIpc) is 3.28. The fourth-order valence-electron chi connectivity index (χ4n) is 2.97. The van der Waals surface area contributed by atoms with Crippen LogP contribution in [0.4, 0.5) is 19.0 Å². The average molecular weight is 407 g/mol. The van der Waals surface area contributed by atoms with Gasteiger partial charge in [-0.2, -0.15) is 13.9 Å². The summed E-state index contributed by atoms with van der Waals surface area (Å²) >= 11 is 6.22. The third-order valence-corrected chi connectivity index (χ3v) is 4.61. The van der Waals surface area contributed by atoms with E-state index in [0.29, 0.717) is 23.3 Å². The summed E-state index contributed by atoms with van der Waals surface area (Å²) in [5.74, 6) is -0.705. The molecule has 4 aromatic rings. The van der Waals surface area contributed by atoms with E-state index in [-0.39, 0.29) is 27.4 Å². The zero-order valence-electron chi connectivity index (χ0n) is 14.1. The monoisotopic (exact) mass is 406 g/mol. The lowest BCUT2D eigenvalue weighted by Crippen LogP contribution is -1.98. The number of aromatic amines is 1. The van der Waals surface area contributed by atoms with Crippen LogP contribution in [0.2, 0.25) is 5.02 Å². The summed E-state index contributed by atoms with van der Waals surface area (Å²) in [6.45, 7) is 1.10. The van der Waals surface area contributed by atoms with Gasteiger partial charge >= 0.3 is 0 Å². The number of H-pyrrole nitrogens is 1. The molecule has 0 aliphatic carbocycles. The number of benzene rings is 1. The number of hydrogen-bond acceptors (Lipinski definition) is 4. The molecular formula is C17H10ClF3N6O. The highest BCUT2D eigenvalue weighted by Gasteiger charge is 2.24. The molecule has 2 N–H and O–H groups in total. The fourth-order valence-corrected chi connectivity index (χ4v) is 3.26. The number of anilines is 1. The summed E-state index contributed by atoms with van der Waals surface area (Å²) in [5.41, 5.74) is 0.0947. The highest BCUT2D eigenvalue weighted by Crippen LogP contribution is 2.41. The van der Waals surface area contributed by atoms with Crippen molar-refractivity contribution < 1.29 is 18.0 Å². The molecular weight excluding hydrogens is 397 g/mol. The van der Waals surface area contributed by atoms with Gasteiger partial charge in [-0.1, -0.05) is 11.6 Å². The Balaban J connectivity index is 2.00. The number of aromatic nitrogens is 5. The van der Waals surface area contributed by atoms with Gasteiger partial charge in [-0.15, -0.1) is 0 Å². The van der Waals surface area contributed by atoms with E-state index in [4.69, 9.17) is 11.6 Å². The van der Waals surface area contributed by atoms with Crippen molar-refractivity contribution in [1.82, 2.24) is 24.6 Å². The van der Waals surface area contributed by atoms with Crippen LogP contribution in [0.5, 0.6) is 0 Å². The van der Waals surface area contributed by atoms with Crippen LogP contribution in [0, 0.1) is 5.82 Å². The first-order valence-electron chi connectivity index (χ1n) is 7.84. The number of imidazole rings is 1. The lowest BCUT2D eigenvalue weighted by atomic mass is 9.99. The molecule has 0 fully saturated rings. The van der Waals surface area contributed by atoms with Gasteiger partial charge in [0.1, 0.15) is 0 Å². The number of fused-ring (bicyclic) bond motifs is 2. The highest BCUT2D eigenvalue weighted by atomic mass is 35.5. The number of halogens is 4. The van der Waals surface area contributed by atoms with Crippen LogP contribution in [0.15, 0.2) is 30.9 Å². The second-order valence-electron chi connectivity index (χ2n) is 5.85. The van der Waals surface area contributed by atoms with Crippen molar-refractivity contribution in [3.63, 3.8) is 0 Å². The third kappa shape index (κ3) is 2.69. The fraction of sp³-hybridized carbons (Fsp3) is 0.0588. The number of rotatable bonds is 4. The quantitative estimate of drug-likeness (QED) is 0.496. The Morgan fingerprint density at radius 1 is 1.32 bits per heavy atom. The maximum Gasteiger partial charge on any atom is 0.273 e. The van der Waals surface area contributed by atoms with Crippen molar-refractivity contribution in [3.8, 4) is 11.3 Å². The van der Waals surface area contributed by atoms with Gasteiger partial charge in [-0.3, -0.25) is 14.9 Å². The third-order valence-electron chi connectivity index (χ3n) is 4.25. The van der Waals surface area contributed by atoms with Gasteiger partial charge < -0.3 is 9.72 Å².